The van der Waals surface area contributed by atoms with E-state index in [1.165, 1.54) is 11.8 Å². The molecule has 3 N–H and O–H groups in total. The Hall–Kier alpha value is -0.910. The second kappa shape index (κ2) is 8.51. The molecule has 1 aromatic carbocycles. The van der Waals surface area contributed by atoms with E-state index in [0.717, 1.165) is 36.3 Å². The summed E-state index contributed by atoms with van der Waals surface area (Å²) >= 11 is 1.53. The summed E-state index contributed by atoms with van der Waals surface area (Å²) in [4.78, 5) is 13.1. The lowest BCUT2D eigenvalue weighted by Gasteiger charge is -2.28. The molecule has 0 bridgehead atoms. The third-order valence-corrected chi connectivity index (χ3v) is 4.80. The van der Waals surface area contributed by atoms with Crippen LogP contribution >= 0.6 is 24.2 Å². The van der Waals surface area contributed by atoms with E-state index < -0.39 is 0 Å². The van der Waals surface area contributed by atoms with Gasteiger partial charge in [0.25, 0.3) is 0 Å². The van der Waals surface area contributed by atoms with E-state index in [9.17, 15) is 4.79 Å². The van der Waals surface area contributed by atoms with Gasteiger partial charge in [-0.15, -0.1) is 24.2 Å². The van der Waals surface area contributed by atoms with Crippen LogP contribution < -0.4 is 15.8 Å². The van der Waals surface area contributed by atoms with Crippen LogP contribution in [-0.4, -0.2) is 30.9 Å². The third-order valence-electron chi connectivity index (χ3n) is 3.79. The summed E-state index contributed by atoms with van der Waals surface area (Å²) in [5, 5.41) is 3.13. The quantitative estimate of drug-likeness (QED) is 0.787. The zero-order valence-electron chi connectivity index (χ0n) is 12.3. The average Bonchev–Trinajstić information content (AvgIpc) is 2.95. The molecule has 0 aliphatic heterocycles. The van der Waals surface area contributed by atoms with Gasteiger partial charge in [-0.25, -0.2) is 0 Å². The lowest BCUT2D eigenvalue weighted by Crippen LogP contribution is -2.52. The zero-order chi connectivity index (χ0) is 14.4. The molecule has 1 amide bonds. The first-order chi connectivity index (χ1) is 9.67. The van der Waals surface area contributed by atoms with Crippen molar-refractivity contribution in [3.8, 4) is 5.75 Å². The molecule has 0 saturated heterocycles. The molecular formula is C15H23ClN2O2S. The molecule has 2 rings (SSSR count). The Labute approximate surface area is 136 Å². The second-order valence-electron chi connectivity index (χ2n) is 5.20. The number of hydrogen-bond donors (Lipinski definition) is 2. The summed E-state index contributed by atoms with van der Waals surface area (Å²) in [7, 11) is 1.64. The first kappa shape index (κ1) is 18.1. The van der Waals surface area contributed by atoms with E-state index in [1.54, 1.807) is 7.11 Å². The van der Waals surface area contributed by atoms with Gasteiger partial charge in [-0.3, -0.25) is 4.79 Å². The Morgan fingerprint density at radius 2 is 1.95 bits per heavy atom. The number of halogens is 1. The molecule has 1 aliphatic rings. The Bertz CT molecular complexity index is 447. The molecule has 0 spiro atoms. The van der Waals surface area contributed by atoms with Crippen LogP contribution in [0.15, 0.2) is 29.2 Å². The highest BCUT2D eigenvalue weighted by molar-refractivity contribution is 8.00. The van der Waals surface area contributed by atoms with E-state index >= 15 is 0 Å². The highest BCUT2D eigenvalue weighted by Gasteiger charge is 2.33. The topological polar surface area (TPSA) is 64.3 Å². The molecule has 6 heteroatoms. The van der Waals surface area contributed by atoms with E-state index in [1.807, 2.05) is 24.3 Å². The molecule has 0 unspecified atom stereocenters. The predicted octanol–water partition coefficient (Wildman–Crippen LogP) is 2.60. The standard InChI is InChI=1S/C15H22N2O2S.ClH/c1-19-12-4-6-13(7-5-12)20-10-14(18)17-15(11-16)8-2-3-9-15;/h4-7H,2-3,8-11,16H2,1H3,(H,17,18);1H. The van der Waals surface area contributed by atoms with Crippen LogP contribution in [0, 0.1) is 0 Å². The van der Waals surface area contributed by atoms with Crippen LogP contribution in [0.1, 0.15) is 25.7 Å². The highest BCUT2D eigenvalue weighted by Crippen LogP contribution is 2.29. The average molecular weight is 331 g/mol. The first-order valence-electron chi connectivity index (χ1n) is 6.95. The van der Waals surface area contributed by atoms with Gasteiger partial charge in [0.15, 0.2) is 0 Å². The molecule has 1 saturated carbocycles. The summed E-state index contributed by atoms with van der Waals surface area (Å²) in [6, 6.07) is 7.73. The van der Waals surface area contributed by atoms with Gasteiger partial charge in [0.05, 0.1) is 18.4 Å². The van der Waals surface area contributed by atoms with Gasteiger partial charge in [0.1, 0.15) is 5.75 Å². The van der Waals surface area contributed by atoms with Crippen molar-refractivity contribution in [2.24, 2.45) is 5.73 Å². The van der Waals surface area contributed by atoms with Gasteiger partial charge in [-0.2, -0.15) is 0 Å². The lowest BCUT2D eigenvalue weighted by molar-refractivity contribution is -0.120. The van der Waals surface area contributed by atoms with E-state index in [4.69, 9.17) is 10.5 Å². The van der Waals surface area contributed by atoms with Crippen molar-refractivity contribution >= 4 is 30.1 Å². The van der Waals surface area contributed by atoms with Crippen LogP contribution in [0.25, 0.3) is 0 Å². The summed E-state index contributed by atoms with van der Waals surface area (Å²) < 4.78 is 5.11. The maximum absolute atomic E-state index is 12.0. The van der Waals surface area contributed by atoms with Crippen molar-refractivity contribution in [2.45, 2.75) is 36.1 Å². The minimum atomic E-state index is -0.155. The molecule has 0 heterocycles. The number of thioether (sulfide) groups is 1. The number of methoxy groups -OCH3 is 1. The fourth-order valence-electron chi connectivity index (χ4n) is 2.58. The van der Waals surface area contributed by atoms with Gasteiger partial charge in [-0.1, -0.05) is 12.8 Å². The molecule has 21 heavy (non-hydrogen) atoms. The lowest BCUT2D eigenvalue weighted by atomic mass is 9.98. The van der Waals surface area contributed by atoms with E-state index in [2.05, 4.69) is 5.32 Å². The van der Waals surface area contributed by atoms with E-state index in [0.29, 0.717) is 12.3 Å². The first-order valence-corrected chi connectivity index (χ1v) is 7.94. The number of carbonyl (C=O) groups excluding carboxylic acids is 1. The molecule has 1 aliphatic carbocycles. The summed E-state index contributed by atoms with van der Waals surface area (Å²) in [5.41, 5.74) is 5.67. The molecule has 0 radical (unpaired) electrons. The molecule has 4 nitrogen and oxygen atoms in total. The highest BCUT2D eigenvalue weighted by atomic mass is 35.5. The number of hydrogen-bond acceptors (Lipinski definition) is 4. The van der Waals surface area contributed by atoms with Gasteiger partial charge in [0, 0.05) is 11.4 Å². The van der Waals surface area contributed by atoms with Crippen LogP contribution in [0.3, 0.4) is 0 Å². The van der Waals surface area contributed by atoms with Gasteiger partial charge >= 0.3 is 0 Å². The second-order valence-corrected chi connectivity index (χ2v) is 6.25. The number of nitrogens with two attached hydrogens (primary N) is 1. The van der Waals surface area contributed by atoms with Crippen molar-refractivity contribution in [1.29, 1.82) is 0 Å². The van der Waals surface area contributed by atoms with Crippen molar-refractivity contribution in [3.05, 3.63) is 24.3 Å². The van der Waals surface area contributed by atoms with Crippen LogP contribution in [-0.2, 0) is 4.79 Å². The maximum atomic E-state index is 12.0. The third kappa shape index (κ3) is 5.09. The smallest absolute Gasteiger partial charge is 0.230 e. The number of ether oxygens (including phenoxy) is 1. The fourth-order valence-corrected chi connectivity index (χ4v) is 3.28. The van der Waals surface area contributed by atoms with Crippen molar-refractivity contribution in [2.75, 3.05) is 19.4 Å². The minimum Gasteiger partial charge on any atom is -0.497 e. The molecule has 0 aromatic heterocycles. The Morgan fingerprint density at radius 3 is 2.48 bits per heavy atom. The van der Waals surface area contributed by atoms with Gasteiger partial charge < -0.3 is 15.8 Å². The van der Waals surface area contributed by atoms with E-state index in [-0.39, 0.29) is 23.9 Å². The number of nitrogens with one attached hydrogen (secondary N) is 1. The van der Waals surface area contributed by atoms with Crippen LogP contribution in [0.5, 0.6) is 5.75 Å². The van der Waals surface area contributed by atoms with Gasteiger partial charge in [0.2, 0.25) is 5.91 Å². The van der Waals surface area contributed by atoms with Crippen LogP contribution in [0.2, 0.25) is 0 Å². The molecular weight excluding hydrogens is 308 g/mol. The van der Waals surface area contributed by atoms with Crippen molar-refractivity contribution < 1.29 is 9.53 Å². The Balaban J connectivity index is 0.00000220. The Kier molecular flexibility index (Phi) is 7.35. The molecule has 118 valence electrons. The summed E-state index contributed by atoms with van der Waals surface area (Å²) in [6.45, 7) is 0.534. The molecule has 1 fully saturated rings. The number of rotatable bonds is 6. The fraction of sp³-hybridized carbons (Fsp3) is 0.533. The summed E-state index contributed by atoms with van der Waals surface area (Å²) in [5.74, 6) is 1.32. The number of amides is 1. The number of carbonyl (C=O) groups is 1. The molecule has 1 aromatic rings. The SMILES string of the molecule is COc1ccc(SCC(=O)NC2(CN)CCCC2)cc1.Cl. The van der Waals surface area contributed by atoms with Crippen LogP contribution in [0.4, 0.5) is 0 Å². The Morgan fingerprint density at radius 1 is 1.33 bits per heavy atom. The minimum absolute atomic E-state index is 0. The predicted molar refractivity (Wildman–Crippen MR) is 89.4 cm³/mol. The molecule has 0 atom stereocenters. The number of benzene rings is 1. The van der Waals surface area contributed by atoms with Crippen molar-refractivity contribution in [1.82, 2.24) is 5.32 Å². The largest absolute Gasteiger partial charge is 0.497 e. The van der Waals surface area contributed by atoms with Gasteiger partial charge in [-0.05, 0) is 37.1 Å². The maximum Gasteiger partial charge on any atom is 0.230 e. The monoisotopic (exact) mass is 330 g/mol. The van der Waals surface area contributed by atoms with Crippen molar-refractivity contribution in [3.63, 3.8) is 0 Å². The summed E-state index contributed by atoms with van der Waals surface area (Å²) in [6.07, 6.45) is 4.32. The zero-order valence-corrected chi connectivity index (χ0v) is 13.9. The normalized spacial score (nSPS) is 16.1.